The van der Waals surface area contributed by atoms with E-state index in [4.69, 9.17) is 5.11 Å². The van der Waals surface area contributed by atoms with Crippen LogP contribution in [-0.2, 0) is 0 Å². The number of thioether (sulfide) groups is 1. The van der Waals surface area contributed by atoms with Gasteiger partial charge in [-0.3, -0.25) is 0 Å². The SMILES string of the molecule is CCNC(CSC(C)CCO)c1ccc(C)c(C)c1. The van der Waals surface area contributed by atoms with Gasteiger partial charge in [-0.1, -0.05) is 32.0 Å². The Morgan fingerprint density at radius 1 is 1.26 bits per heavy atom. The Labute approximate surface area is 122 Å². The van der Waals surface area contributed by atoms with Gasteiger partial charge < -0.3 is 10.4 Å². The summed E-state index contributed by atoms with van der Waals surface area (Å²) in [6, 6.07) is 7.12. The standard InChI is InChI=1S/C16H27NOS/c1-5-17-16(11-19-14(4)8-9-18)15-7-6-12(2)13(3)10-15/h6-7,10,14,16-18H,5,8-9,11H2,1-4H3. The minimum atomic E-state index is 0.281. The monoisotopic (exact) mass is 281 g/mol. The first-order valence-corrected chi connectivity index (χ1v) is 8.16. The molecule has 0 aromatic heterocycles. The van der Waals surface area contributed by atoms with Crippen molar-refractivity contribution in [1.29, 1.82) is 0 Å². The average molecular weight is 281 g/mol. The highest BCUT2D eigenvalue weighted by atomic mass is 32.2. The highest BCUT2D eigenvalue weighted by Gasteiger charge is 2.13. The van der Waals surface area contributed by atoms with E-state index in [1.54, 1.807) is 0 Å². The second kappa shape index (κ2) is 8.62. The zero-order chi connectivity index (χ0) is 14.3. The van der Waals surface area contributed by atoms with Crippen LogP contribution in [0.1, 0.15) is 43.0 Å². The molecule has 0 fully saturated rings. The number of rotatable bonds is 8. The van der Waals surface area contributed by atoms with Crippen LogP contribution in [0.25, 0.3) is 0 Å². The number of benzene rings is 1. The fraction of sp³-hybridized carbons (Fsp3) is 0.625. The van der Waals surface area contributed by atoms with Crippen molar-refractivity contribution in [3.8, 4) is 0 Å². The van der Waals surface area contributed by atoms with Gasteiger partial charge >= 0.3 is 0 Å². The number of aliphatic hydroxyl groups is 1. The lowest BCUT2D eigenvalue weighted by atomic mass is 10.0. The molecule has 1 rings (SSSR count). The molecular weight excluding hydrogens is 254 g/mol. The first kappa shape index (κ1) is 16.5. The molecule has 0 aliphatic rings. The third kappa shape index (κ3) is 5.55. The Kier molecular flexibility index (Phi) is 7.51. The highest BCUT2D eigenvalue weighted by molar-refractivity contribution is 7.99. The van der Waals surface area contributed by atoms with Gasteiger partial charge in [0, 0.05) is 23.7 Å². The van der Waals surface area contributed by atoms with Crippen LogP contribution < -0.4 is 5.32 Å². The third-order valence-corrected chi connectivity index (χ3v) is 4.80. The third-order valence-electron chi connectivity index (χ3n) is 3.47. The smallest absolute Gasteiger partial charge is 0.0441 e. The van der Waals surface area contributed by atoms with E-state index >= 15 is 0 Å². The normalized spacial score (nSPS) is 14.4. The van der Waals surface area contributed by atoms with Gasteiger partial charge in [-0.25, -0.2) is 0 Å². The van der Waals surface area contributed by atoms with Gasteiger partial charge in [-0.05, 0) is 43.5 Å². The van der Waals surface area contributed by atoms with Gasteiger partial charge in [-0.2, -0.15) is 11.8 Å². The molecule has 0 heterocycles. The summed E-state index contributed by atoms with van der Waals surface area (Å²) in [5.41, 5.74) is 4.07. The van der Waals surface area contributed by atoms with Gasteiger partial charge in [0.25, 0.3) is 0 Å². The number of hydrogen-bond donors (Lipinski definition) is 2. The van der Waals surface area contributed by atoms with Crippen LogP contribution in [0.5, 0.6) is 0 Å². The minimum absolute atomic E-state index is 0.281. The molecule has 2 N–H and O–H groups in total. The molecular formula is C16H27NOS. The van der Waals surface area contributed by atoms with E-state index in [0.717, 1.165) is 18.7 Å². The van der Waals surface area contributed by atoms with E-state index in [0.29, 0.717) is 11.3 Å². The molecule has 2 nitrogen and oxygen atoms in total. The van der Waals surface area contributed by atoms with E-state index in [9.17, 15) is 0 Å². The van der Waals surface area contributed by atoms with Crippen molar-refractivity contribution in [3.63, 3.8) is 0 Å². The Morgan fingerprint density at radius 3 is 2.58 bits per heavy atom. The summed E-state index contributed by atoms with van der Waals surface area (Å²) >= 11 is 1.93. The van der Waals surface area contributed by atoms with Gasteiger partial charge in [0.2, 0.25) is 0 Å². The first-order chi connectivity index (χ1) is 9.08. The summed E-state index contributed by atoms with van der Waals surface area (Å²) in [4.78, 5) is 0. The molecule has 0 aliphatic heterocycles. The molecule has 2 atom stereocenters. The maximum absolute atomic E-state index is 8.96. The van der Waals surface area contributed by atoms with E-state index in [1.165, 1.54) is 16.7 Å². The Morgan fingerprint density at radius 2 is 2.00 bits per heavy atom. The summed E-state index contributed by atoms with van der Waals surface area (Å²) in [6.45, 7) is 9.92. The molecule has 108 valence electrons. The van der Waals surface area contributed by atoms with E-state index in [2.05, 4.69) is 51.2 Å². The maximum atomic E-state index is 8.96. The topological polar surface area (TPSA) is 32.3 Å². The Hall–Kier alpha value is -0.510. The minimum Gasteiger partial charge on any atom is -0.396 e. The van der Waals surface area contributed by atoms with Crippen molar-refractivity contribution < 1.29 is 5.11 Å². The average Bonchev–Trinajstić information content (AvgIpc) is 2.38. The Bertz CT molecular complexity index is 381. The van der Waals surface area contributed by atoms with Crippen molar-refractivity contribution in [3.05, 3.63) is 34.9 Å². The summed E-state index contributed by atoms with van der Waals surface area (Å²) < 4.78 is 0. The molecule has 1 aromatic rings. The van der Waals surface area contributed by atoms with Crippen LogP contribution >= 0.6 is 11.8 Å². The van der Waals surface area contributed by atoms with Crippen molar-refractivity contribution in [2.24, 2.45) is 0 Å². The molecule has 0 bridgehead atoms. The fourth-order valence-corrected chi connectivity index (χ4v) is 3.13. The van der Waals surface area contributed by atoms with Gasteiger partial charge in [0.05, 0.1) is 0 Å². The summed E-state index contributed by atoms with van der Waals surface area (Å²) in [5, 5.41) is 13.0. The summed E-state index contributed by atoms with van der Waals surface area (Å²) in [7, 11) is 0. The van der Waals surface area contributed by atoms with Crippen LogP contribution in [0.2, 0.25) is 0 Å². The van der Waals surface area contributed by atoms with E-state index in [-0.39, 0.29) is 6.61 Å². The summed E-state index contributed by atoms with van der Waals surface area (Å²) in [6.07, 6.45) is 0.871. The van der Waals surface area contributed by atoms with Gasteiger partial charge in [-0.15, -0.1) is 0 Å². The molecule has 1 aromatic carbocycles. The van der Waals surface area contributed by atoms with E-state index < -0.39 is 0 Å². The lowest BCUT2D eigenvalue weighted by Gasteiger charge is -2.21. The molecule has 0 aliphatic carbocycles. The van der Waals surface area contributed by atoms with Crippen LogP contribution in [0.4, 0.5) is 0 Å². The lowest BCUT2D eigenvalue weighted by Crippen LogP contribution is -2.24. The van der Waals surface area contributed by atoms with Crippen molar-refractivity contribution >= 4 is 11.8 Å². The lowest BCUT2D eigenvalue weighted by molar-refractivity contribution is 0.289. The van der Waals surface area contributed by atoms with Crippen LogP contribution in [0, 0.1) is 13.8 Å². The maximum Gasteiger partial charge on any atom is 0.0441 e. The zero-order valence-corrected chi connectivity index (χ0v) is 13.4. The molecule has 19 heavy (non-hydrogen) atoms. The van der Waals surface area contributed by atoms with Gasteiger partial charge in [0.1, 0.15) is 0 Å². The first-order valence-electron chi connectivity index (χ1n) is 7.11. The molecule has 0 saturated carbocycles. The number of nitrogens with one attached hydrogen (secondary N) is 1. The zero-order valence-electron chi connectivity index (χ0n) is 12.6. The van der Waals surface area contributed by atoms with Gasteiger partial charge in [0.15, 0.2) is 0 Å². The molecule has 0 amide bonds. The Balaban J connectivity index is 2.67. The molecule has 3 heteroatoms. The molecule has 0 radical (unpaired) electrons. The fourth-order valence-electron chi connectivity index (χ4n) is 2.03. The summed E-state index contributed by atoms with van der Waals surface area (Å²) in [5.74, 6) is 1.05. The molecule has 2 unspecified atom stereocenters. The number of hydrogen-bond acceptors (Lipinski definition) is 3. The van der Waals surface area contributed by atoms with E-state index in [1.807, 2.05) is 11.8 Å². The van der Waals surface area contributed by atoms with Crippen molar-refractivity contribution in [2.45, 2.75) is 45.4 Å². The van der Waals surface area contributed by atoms with Crippen LogP contribution in [0.3, 0.4) is 0 Å². The second-order valence-corrected chi connectivity index (χ2v) is 6.58. The molecule has 0 spiro atoms. The van der Waals surface area contributed by atoms with Crippen molar-refractivity contribution in [1.82, 2.24) is 5.32 Å². The van der Waals surface area contributed by atoms with Crippen LogP contribution in [-0.4, -0.2) is 29.3 Å². The predicted molar refractivity (Wildman–Crippen MR) is 86.0 cm³/mol. The number of aryl methyl sites for hydroxylation is 2. The van der Waals surface area contributed by atoms with Crippen molar-refractivity contribution in [2.75, 3.05) is 18.9 Å². The number of aliphatic hydroxyl groups excluding tert-OH is 1. The quantitative estimate of drug-likeness (QED) is 0.765. The largest absolute Gasteiger partial charge is 0.396 e. The second-order valence-electron chi connectivity index (χ2n) is 5.11. The highest BCUT2D eigenvalue weighted by Crippen LogP contribution is 2.24. The molecule has 0 saturated heterocycles. The predicted octanol–water partition coefficient (Wildman–Crippen LogP) is 3.46. The van der Waals surface area contributed by atoms with Crippen LogP contribution in [0.15, 0.2) is 18.2 Å².